The van der Waals surface area contributed by atoms with Crippen LogP contribution in [0.1, 0.15) is 5.01 Å². The molecule has 2 amide bonds. The quantitative estimate of drug-likeness (QED) is 0.509. The van der Waals surface area contributed by atoms with Gasteiger partial charge in [0.25, 0.3) is 0 Å². The van der Waals surface area contributed by atoms with Crippen molar-refractivity contribution in [3.63, 3.8) is 0 Å². The molecule has 2 N–H and O–H groups in total. The van der Waals surface area contributed by atoms with Gasteiger partial charge in [0.05, 0.1) is 23.2 Å². The molecule has 0 saturated heterocycles. The molecule has 0 saturated carbocycles. The van der Waals surface area contributed by atoms with Gasteiger partial charge in [0.15, 0.2) is 5.13 Å². The molecule has 0 aliphatic heterocycles. The number of carbonyl (C=O) groups excluding carboxylic acids is 2. The zero-order valence-corrected chi connectivity index (χ0v) is 16.3. The Morgan fingerprint density at radius 3 is 2.64 bits per heavy atom. The molecule has 0 spiro atoms. The van der Waals surface area contributed by atoms with Crippen molar-refractivity contribution in [1.82, 2.24) is 15.3 Å². The van der Waals surface area contributed by atoms with Crippen LogP contribution in [0.3, 0.4) is 0 Å². The zero-order valence-electron chi connectivity index (χ0n) is 14.7. The van der Waals surface area contributed by atoms with Gasteiger partial charge in [-0.05, 0) is 23.3 Å². The van der Waals surface area contributed by atoms with Gasteiger partial charge in [-0.25, -0.2) is 9.97 Å². The Bertz CT molecular complexity index is 1110. The first-order valence-corrected chi connectivity index (χ1v) is 10.3. The molecule has 6 nitrogen and oxygen atoms in total. The fraction of sp³-hybridized carbons (Fsp3) is 0.100. The third kappa shape index (κ3) is 4.41. The Hall–Kier alpha value is -3.10. The van der Waals surface area contributed by atoms with Crippen LogP contribution in [0.2, 0.25) is 0 Å². The highest BCUT2D eigenvalue weighted by Gasteiger charge is 2.12. The van der Waals surface area contributed by atoms with Gasteiger partial charge in [0, 0.05) is 11.6 Å². The van der Waals surface area contributed by atoms with Crippen LogP contribution >= 0.6 is 22.7 Å². The Balaban J connectivity index is 1.37. The molecule has 0 unspecified atom stereocenters. The summed E-state index contributed by atoms with van der Waals surface area (Å²) in [6.45, 7) is -0.0958. The standard InChI is InChI=1S/C20H16N4O2S2/c25-17(22-12-18(26)24-20-21-8-9-27-20)11-19-23-15-7-6-14(10-16(15)28-19)13-4-2-1-3-5-13/h1-10H,11-12H2,(H,22,25)(H,21,24,26). The van der Waals surface area contributed by atoms with Crippen molar-refractivity contribution in [3.8, 4) is 11.1 Å². The lowest BCUT2D eigenvalue weighted by atomic mass is 10.1. The number of hydrogen-bond acceptors (Lipinski definition) is 6. The van der Waals surface area contributed by atoms with E-state index in [-0.39, 0.29) is 24.8 Å². The molecule has 2 heterocycles. The predicted octanol–water partition coefficient (Wildman–Crippen LogP) is 3.72. The second kappa shape index (κ2) is 8.28. The third-order valence-corrected chi connectivity index (χ3v) is 5.68. The lowest BCUT2D eigenvalue weighted by molar-refractivity contribution is -0.123. The number of carbonyl (C=O) groups is 2. The summed E-state index contributed by atoms with van der Waals surface area (Å²) in [4.78, 5) is 32.4. The highest BCUT2D eigenvalue weighted by Crippen LogP contribution is 2.28. The summed E-state index contributed by atoms with van der Waals surface area (Å²) in [5, 5.41) is 8.24. The number of thiazole rings is 2. The van der Waals surface area contributed by atoms with Crippen molar-refractivity contribution in [2.75, 3.05) is 11.9 Å². The fourth-order valence-corrected chi connectivity index (χ4v) is 4.24. The molecule has 0 bridgehead atoms. The van der Waals surface area contributed by atoms with E-state index in [1.165, 1.54) is 22.7 Å². The van der Waals surface area contributed by atoms with E-state index in [4.69, 9.17) is 0 Å². The monoisotopic (exact) mass is 408 g/mol. The van der Waals surface area contributed by atoms with E-state index in [1.54, 1.807) is 11.6 Å². The average Bonchev–Trinajstić information content (AvgIpc) is 3.35. The topological polar surface area (TPSA) is 84.0 Å². The zero-order chi connectivity index (χ0) is 19.3. The smallest absolute Gasteiger partial charge is 0.245 e. The van der Waals surface area contributed by atoms with Crippen molar-refractivity contribution in [3.05, 3.63) is 65.1 Å². The van der Waals surface area contributed by atoms with Crippen LogP contribution in [-0.4, -0.2) is 28.3 Å². The van der Waals surface area contributed by atoms with Gasteiger partial charge >= 0.3 is 0 Å². The van der Waals surface area contributed by atoms with Gasteiger partial charge in [-0.1, -0.05) is 36.4 Å². The van der Waals surface area contributed by atoms with Crippen molar-refractivity contribution < 1.29 is 9.59 Å². The Labute approximate surface area is 169 Å². The first-order chi connectivity index (χ1) is 13.7. The van der Waals surface area contributed by atoms with E-state index in [1.807, 2.05) is 30.3 Å². The molecule has 0 aliphatic carbocycles. The summed E-state index contributed by atoms with van der Waals surface area (Å²) in [6, 6.07) is 16.2. The van der Waals surface area contributed by atoms with E-state index in [2.05, 4.69) is 38.8 Å². The molecule has 0 atom stereocenters. The number of anilines is 1. The molecule has 2 aromatic heterocycles. The van der Waals surface area contributed by atoms with E-state index in [0.29, 0.717) is 5.13 Å². The summed E-state index contributed by atoms with van der Waals surface area (Å²) in [5.41, 5.74) is 3.13. The van der Waals surface area contributed by atoms with Gasteiger partial charge in [-0.2, -0.15) is 0 Å². The maximum absolute atomic E-state index is 12.1. The second-order valence-corrected chi connectivity index (χ2v) is 8.00. The number of aromatic nitrogens is 2. The Morgan fingerprint density at radius 2 is 1.86 bits per heavy atom. The number of amides is 2. The highest BCUT2D eigenvalue weighted by molar-refractivity contribution is 7.18. The van der Waals surface area contributed by atoms with E-state index in [9.17, 15) is 9.59 Å². The van der Waals surface area contributed by atoms with Crippen LogP contribution in [0.25, 0.3) is 21.3 Å². The van der Waals surface area contributed by atoms with Crippen LogP contribution < -0.4 is 10.6 Å². The largest absolute Gasteiger partial charge is 0.347 e. The van der Waals surface area contributed by atoms with Crippen LogP contribution in [-0.2, 0) is 16.0 Å². The average molecular weight is 409 g/mol. The van der Waals surface area contributed by atoms with Gasteiger partial charge in [-0.15, -0.1) is 22.7 Å². The Morgan fingerprint density at radius 1 is 1.00 bits per heavy atom. The van der Waals surface area contributed by atoms with Crippen molar-refractivity contribution in [2.24, 2.45) is 0 Å². The molecule has 28 heavy (non-hydrogen) atoms. The third-order valence-electron chi connectivity index (χ3n) is 3.98. The summed E-state index contributed by atoms with van der Waals surface area (Å²) in [6.07, 6.45) is 1.75. The number of nitrogens with one attached hydrogen (secondary N) is 2. The summed E-state index contributed by atoms with van der Waals surface area (Å²) in [5.74, 6) is -0.545. The van der Waals surface area contributed by atoms with Crippen molar-refractivity contribution in [2.45, 2.75) is 6.42 Å². The minimum absolute atomic E-state index is 0.0958. The highest BCUT2D eigenvalue weighted by atomic mass is 32.1. The summed E-state index contributed by atoms with van der Waals surface area (Å²) >= 11 is 2.82. The first-order valence-electron chi connectivity index (χ1n) is 8.58. The van der Waals surface area contributed by atoms with E-state index in [0.717, 1.165) is 26.4 Å². The molecule has 4 aromatic rings. The van der Waals surface area contributed by atoms with Crippen LogP contribution in [0, 0.1) is 0 Å². The molecule has 4 rings (SSSR count). The number of fused-ring (bicyclic) bond motifs is 1. The molecular formula is C20H16N4O2S2. The normalized spacial score (nSPS) is 10.7. The minimum atomic E-state index is -0.305. The molecule has 8 heteroatoms. The molecule has 0 aliphatic rings. The fourth-order valence-electron chi connectivity index (χ4n) is 2.69. The molecule has 2 aromatic carbocycles. The van der Waals surface area contributed by atoms with Crippen molar-refractivity contribution in [1.29, 1.82) is 0 Å². The predicted molar refractivity (Wildman–Crippen MR) is 113 cm³/mol. The maximum atomic E-state index is 12.1. The minimum Gasteiger partial charge on any atom is -0.347 e. The lowest BCUT2D eigenvalue weighted by Gasteiger charge is -2.03. The number of hydrogen-bond donors (Lipinski definition) is 2. The molecule has 140 valence electrons. The molecular weight excluding hydrogens is 392 g/mol. The van der Waals surface area contributed by atoms with Crippen LogP contribution in [0.15, 0.2) is 60.1 Å². The number of nitrogens with zero attached hydrogens (tertiary/aromatic N) is 2. The second-order valence-electron chi connectivity index (χ2n) is 6.00. The number of benzene rings is 2. The van der Waals surface area contributed by atoms with Gasteiger partial charge in [0.1, 0.15) is 5.01 Å². The van der Waals surface area contributed by atoms with Gasteiger partial charge < -0.3 is 10.6 Å². The lowest BCUT2D eigenvalue weighted by Crippen LogP contribution is -2.33. The van der Waals surface area contributed by atoms with E-state index >= 15 is 0 Å². The van der Waals surface area contributed by atoms with Crippen molar-refractivity contribution >= 4 is 49.8 Å². The Kier molecular flexibility index (Phi) is 5.41. The van der Waals surface area contributed by atoms with Gasteiger partial charge in [0.2, 0.25) is 11.8 Å². The SMILES string of the molecule is O=C(Cc1nc2ccc(-c3ccccc3)cc2s1)NCC(=O)Nc1nccs1. The summed E-state index contributed by atoms with van der Waals surface area (Å²) < 4.78 is 1.03. The maximum Gasteiger partial charge on any atom is 0.245 e. The van der Waals surface area contributed by atoms with E-state index < -0.39 is 0 Å². The first kappa shape index (κ1) is 18.3. The van der Waals surface area contributed by atoms with Crippen LogP contribution in [0.4, 0.5) is 5.13 Å². The van der Waals surface area contributed by atoms with Crippen LogP contribution in [0.5, 0.6) is 0 Å². The number of rotatable bonds is 6. The molecule has 0 fully saturated rings. The summed E-state index contributed by atoms with van der Waals surface area (Å²) in [7, 11) is 0. The molecule has 0 radical (unpaired) electrons. The van der Waals surface area contributed by atoms with Gasteiger partial charge in [-0.3, -0.25) is 9.59 Å².